The van der Waals surface area contributed by atoms with Gasteiger partial charge in [-0.2, -0.15) is 28.1 Å². The Hall–Kier alpha value is -6.42. The molecule has 0 atom stereocenters. The molecule has 0 amide bonds. The minimum absolute atomic E-state index is 0.170. The van der Waals surface area contributed by atoms with E-state index < -0.39 is 104 Å². The Balaban J connectivity index is 2.00. The lowest BCUT2D eigenvalue weighted by molar-refractivity contribution is 0.299. The van der Waals surface area contributed by atoms with E-state index in [1.54, 1.807) is 52.0 Å². The molecule has 0 spiro atoms. The van der Waals surface area contributed by atoms with E-state index >= 15 is 17.6 Å². The predicted molar refractivity (Wildman–Crippen MR) is 170 cm³/mol. The zero-order valence-electron chi connectivity index (χ0n) is 28.1. The van der Waals surface area contributed by atoms with Crippen LogP contribution < -0.4 is 18.9 Å². The molecule has 54 heavy (non-hydrogen) atoms. The van der Waals surface area contributed by atoms with Gasteiger partial charge in [0.25, 0.3) is 0 Å². The Morgan fingerprint density at radius 1 is 0.389 bits per heavy atom. The third kappa shape index (κ3) is 6.78. The van der Waals surface area contributed by atoms with Crippen LogP contribution in [0.25, 0.3) is 0 Å². The number of ether oxygens (including phenoxy) is 4. The lowest BCUT2D eigenvalue weighted by atomic mass is 10.0. The van der Waals surface area contributed by atoms with Crippen LogP contribution in [0.3, 0.4) is 0 Å². The van der Waals surface area contributed by atoms with Gasteiger partial charge >= 0.3 is 0 Å². The van der Waals surface area contributed by atoms with Crippen molar-refractivity contribution in [2.75, 3.05) is 0 Å². The zero-order valence-corrected chi connectivity index (χ0v) is 28.1. The average molecular weight is 761 g/mol. The summed E-state index contributed by atoms with van der Waals surface area (Å²) in [6.07, 6.45) is 0. The molecule has 0 aliphatic heterocycles. The van der Waals surface area contributed by atoms with Crippen molar-refractivity contribution >= 4 is 0 Å². The Morgan fingerprint density at radius 3 is 0.944 bits per heavy atom. The van der Waals surface area contributed by atoms with Crippen molar-refractivity contribution in [3.8, 4) is 58.1 Å². The molecule has 0 bridgehead atoms. The first-order valence-corrected chi connectivity index (χ1v) is 15.5. The highest BCUT2D eigenvalue weighted by molar-refractivity contribution is 5.76. The van der Waals surface area contributed by atoms with Gasteiger partial charge in [-0.1, -0.05) is 64.1 Å². The van der Waals surface area contributed by atoms with Gasteiger partial charge in [0, 0.05) is 0 Å². The number of halogens is 10. The molecule has 0 heterocycles. The van der Waals surface area contributed by atoms with Crippen LogP contribution in [0.5, 0.6) is 46.0 Å². The molecule has 0 radical (unpaired) electrons. The molecule has 5 aromatic carbocycles. The van der Waals surface area contributed by atoms with Gasteiger partial charge in [0.1, 0.15) is 34.8 Å². The van der Waals surface area contributed by atoms with E-state index in [9.17, 15) is 36.9 Å². The van der Waals surface area contributed by atoms with E-state index in [1.807, 2.05) is 0 Å². The molecular weight excluding hydrogens is 738 g/mol. The largest absolute Gasteiger partial charge is 0.452 e. The number of nitrogens with zero attached hydrogens (tertiary/aromatic N) is 2. The number of nitriles is 2. The minimum atomic E-state index is -2.62. The first kappa shape index (κ1) is 38.8. The molecule has 0 aliphatic rings. The van der Waals surface area contributed by atoms with Crippen LogP contribution in [-0.4, -0.2) is 0 Å². The van der Waals surface area contributed by atoms with Crippen LogP contribution in [0.15, 0.2) is 48.5 Å². The molecule has 0 saturated heterocycles. The summed E-state index contributed by atoms with van der Waals surface area (Å²) in [5.74, 6) is -36.2. The van der Waals surface area contributed by atoms with E-state index in [-0.39, 0.29) is 23.3 Å². The number of para-hydroxylation sites is 2. The molecule has 0 aromatic heterocycles. The molecule has 0 fully saturated rings. The average Bonchev–Trinajstić information content (AvgIpc) is 3.16. The van der Waals surface area contributed by atoms with Gasteiger partial charge in [0.15, 0.2) is 11.5 Å². The van der Waals surface area contributed by atoms with Crippen molar-refractivity contribution < 1.29 is 62.9 Å². The highest BCUT2D eigenvalue weighted by Gasteiger charge is 2.37. The molecule has 6 nitrogen and oxygen atoms in total. The van der Waals surface area contributed by atoms with E-state index in [0.29, 0.717) is 11.1 Å². The number of hydrogen-bond donors (Lipinski definition) is 0. The fourth-order valence-electron chi connectivity index (χ4n) is 5.13. The topological polar surface area (TPSA) is 84.5 Å². The quantitative estimate of drug-likeness (QED) is 0.0800. The maximum absolute atomic E-state index is 15.2. The van der Waals surface area contributed by atoms with Gasteiger partial charge < -0.3 is 18.9 Å². The molecule has 16 heteroatoms. The summed E-state index contributed by atoms with van der Waals surface area (Å²) in [6, 6.07) is 14.8. The van der Waals surface area contributed by atoms with Gasteiger partial charge in [-0.3, -0.25) is 0 Å². The first-order chi connectivity index (χ1) is 25.5. The summed E-state index contributed by atoms with van der Waals surface area (Å²) in [5, 5.41) is 20.8. The van der Waals surface area contributed by atoms with Crippen molar-refractivity contribution in [2.24, 2.45) is 0 Å². The molecule has 0 unspecified atom stereocenters. The SMILES string of the molecule is CC(C)c1ccccc1Oc1c(C#N)c(C#N)c(Oc2ccccc2C(C)C)c(Oc2c(F)c(F)c(F)c(F)c2F)c1Oc1c(F)c(F)c(F)c(F)c1F. The molecule has 0 aliphatic carbocycles. The van der Waals surface area contributed by atoms with Crippen LogP contribution in [-0.2, 0) is 0 Å². The molecular formula is C38H22F10N2O4. The highest BCUT2D eigenvalue weighted by Crippen LogP contribution is 2.56. The van der Waals surface area contributed by atoms with Gasteiger partial charge in [-0.25, -0.2) is 26.3 Å². The summed E-state index contributed by atoms with van der Waals surface area (Å²) in [5.41, 5.74) is -1.13. The number of hydrogen-bond acceptors (Lipinski definition) is 6. The lowest BCUT2D eigenvalue weighted by Crippen LogP contribution is -2.09. The molecule has 5 rings (SSSR count). The molecule has 278 valence electrons. The molecule has 0 N–H and O–H groups in total. The standard InChI is InChI=1S/C38H22F10N2O4/c1-15(2)17-9-5-7-11-21(17)51-33-19(13-49)20(14-50)34(52-22-12-8-6-10-18(22)16(3)4)38(54-36-31(47)27(43)24(40)28(44)32(36)48)37(33)53-35-29(45)25(41)23(39)26(42)30(35)46/h5-12,15-16H,1-4H3. The minimum Gasteiger partial charge on any atom is -0.452 e. The van der Waals surface area contributed by atoms with Crippen molar-refractivity contribution in [1.82, 2.24) is 0 Å². The van der Waals surface area contributed by atoms with Crippen molar-refractivity contribution in [3.05, 3.63) is 129 Å². The van der Waals surface area contributed by atoms with Gasteiger partial charge in [0.2, 0.25) is 81.2 Å². The van der Waals surface area contributed by atoms with Crippen molar-refractivity contribution in [1.29, 1.82) is 10.5 Å². The van der Waals surface area contributed by atoms with E-state index in [4.69, 9.17) is 18.9 Å². The zero-order chi connectivity index (χ0) is 39.8. The van der Waals surface area contributed by atoms with Crippen LogP contribution in [0.2, 0.25) is 0 Å². The number of benzene rings is 5. The van der Waals surface area contributed by atoms with E-state index in [0.717, 1.165) is 0 Å². The predicted octanol–water partition coefficient (Wildman–Crippen LogP) is 12.2. The Bertz CT molecular complexity index is 2180. The van der Waals surface area contributed by atoms with Crippen molar-refractivity contribution in [3.63, 3.8) is 0 Å². The summed E-state index contributed by atoms with van der Waals surface area (Å²) in [6.45, 7) is 6.73. The fraction of sp³-hybridized carbons (Fsp3) is 0.158. The summed E-state index contributed by atoms with van der Waals surface area (Å²) < 4.78 is 169. The van der Waals surface area contributed by atoms with Crippen molar-refractivity contribution in [2.45, 2.75) is 39.5 Å². The third-order valence-corrected chi connectivity index (χ3v) is 7.80. The second-order valence-corrected chi connectivity index (χ2v) is 11.9. The third-order valence-electron chi connectivity index (χ3n) is 7.80. The first-order valence-electron chi connectivity index (χ1n) is 15.5. The van der Waals surface area contributed by atoms with E-state index in [1.165, 1.54) is 36.4 Å². The van der Waals surface area contributed by atoms with Crippen LogP contribution in [0, 0.1) is 80.8 Å². The normalized spacial score (nSPS) is 11.1. The van der Waals surface area contributed by atoms with Gasteiger partial charge in [-0.15, -0.1) is 0 Å². The highest BCUT2D eigenvalue weighted by atomic mass is 19.2. The van der Waals surface area contributed by atoms with Crippen LogP contribution in [0.4, 0.5) is 43.9 Å². The Morgan fingerprint density at radius 2 is 0.667 bits per heavy atom. The maximum atomic E-state index is 15.2. The molecule has 5 aromatic rings. The van der Waals surface area contributed by atoms with Gasteiger partial charge in [0.05, 0.1) is 0 Å². The summed E-state index contributed by atoms with van der Waals surface area (Å²) in [7, 11) is 0. The summed E-state index contributed by atoms with van der Waals surface area (Å²) >= 11 is 0. The fourth-order valence-corrected chi connectivity index (χ4v) is 5.13. The maximum Gasteiger partial charge on any atom is 0.218 e. The smallest absolute Gasteiger partial charge is 0.218 e. The molecule has 0 saturated carbocycles. The Labute approximate surface area is 299 Å². The summed E-state index contributed by atoms with van der Waals surface area (Å²) in [4.78, 5) is 0. The lowest BCUT2D eigenvalue weighted by Gasteiger charge is -2.24. The number of rotatable bonds is 10. The second-order valence-electron chi connectivity index (χ2n) is 11.9. The monoisotopic (exact) mass is 760 g/mol. The van der Waals surface area contributed by atoms with E-state index in [2.05, 4.69) is 0 Å². The Kier molecular flexibility index (Phi) is 11.0. The van der Waals surface area contributed by atoms with Gasteiger partial charge in [-0.05, 0) is 35.1 Å². The van der Waals surface area contributed by atoms with Crippen LogP contribution in [0.1, 0.15) is 61.8 Å². The second kappa shape index (κ2) is 15.3. The van der Waals surface area contributed by atoms with Crippen LogP contribution >= 0.6 is 0 Å².